The number of benzene rings is 2. The highest BCUT2D eigenvalue weighted by atomic mass is 32.2. The highest BCUT2D eigenvalue weighted by Crippen LogP contribution is 2.29. The molecule has 0 aromatic heterocycles. The molecule has 0 spiro atoms. The van der Waals surface area contributed by atoms with Crippen LogP contribution in [0.1, 0.15) is 18.1 Å². The molecule has 0 aliphatic heterocycles. The van der Waals surface area contributed by atoms with Gasteiger partial charge in [-0.15, -0.1) is 11.8 Å². The van der Waals surface area contributed by atoms with Crippen molar-refractivity contribution >= 4 is 23.1 Å². The molecule has 0 aliphatic carbocycles. The molecule has 0 fully saturated rings. The van der Waals surface area contributed by atoms with Crippen LogP contribution in [0.5, 0.6) is 0 Å². The van der Waals surface area contributed by atoms with E-state index in [0.29, 0.717) is 5.75 Å². The monoisotopic (exact) mass is 302 g/mol. The number of nitrogens with zero attached hydrogens (tertiary/aromatic N) is 1. The number of hydrogen-bond acceptors (Lipinski definition) is 4. The summed E-state index contributed by atoms with van der Waals surface area (Å²) in [4.78, 5) is 11.7. The Morgan fingerprint density at radius 1 is 1.19 bits per heavy atom. The average molecular weight is 302 g/mol. The molecule has 0 amide bonds. The molecule has 0 bridgehead atoms. The molecule has 0 saturated carbocycles. The highest BCUT2D eigenvalue weighted by Gasteiger charge is 2.10. The van der Waals surface area contributed by atoms with Crippen LogP contribution in [-0.2, 0) is 5.75 Å². The molecule has 21 heavy (non-hydrogen) atoms. The van der Waals surface area contributed by atoms with Gasteiger partial charge < -0.3 is 5.32 Å². The number of nitro benzene ring substituents is 1. The molecule has 2 aromatic rings. The summed E-state index contributed by atoms with van der Waals surface area (Å²) in [5.74, 6) is 0.701. The maximum absolute atomic E-state index is 10.9. The summed E-state index contributed by atoms with van der Waals surface area (Å²) >= 11 is 1.68. The van der Waals surface area contributed by atoms with Crippen molar-refractivity contribution in [1.82, 2.24) is 0 Å². The van der Waals surface area contributed by atoms with Crippen LogP contribution in [0.15, 0.2) is 47.4 Å². The summed E-state index contributed by atoms with van der Waals surface area (Å²) in [6.45, 7) is 4.86. The largest absolute Gasteiger partial charge is 0.385 e. The lowest BCUT2D eigenvalue weighted by atomic mass is 10.2. The molecule has 0 saturated heterocycles. The predicted molar refractivity (Wildman–Crippen MR) is 88.0 cm³/mol. The number of non-ortho nitro benzene ring substituents is 1. The fourth-order valence-electron chi connectivity index (χ4n) is 1.97. The van der Waals surface area contributed by atoms with Crippen molar-refractivity contribution in [2.75, 3.05) is 11.9 Å². The molecule has 0 unspecified atom stereocenters. The van der Waals surface area contributed by atoms with Crippen molar-refractivity contribution in [3.63, 3.8) is 0 Å². The number of aryl methyl sites for hydroxylation is 1. The van der Waals surface area contributed by atoms with Gasteiger partial charge in [-0.2, -0.15) is 0 Å². The van der Waals surface area contributed by atoms with Gasteiger partial charge in [0.25, 0.3) is 5.69 Å². The van der Waals surface area contributed by atoms with E-state index >= 15 is 0 Å². The minimum Gasteiger partial charge on any atom is -0.385 e. The van der Waals surface area contributed by atoms with E-state index in [2.05, 4.69) is 36.5 Å². The Bertz CT molecular complexity index is 627. The fourth-order valence-corrected chi connectivity index (χ4v) is 2.86. The smallest absolute Gasteiger partial charge is 0.269 e. The summed E-state index contributed by atoms with van der Waals surface area (Å²) in [6.07, 6.45) is 0. The first-order chi connectivity index (χ1) is 10.1. The third-order valence-corrected chi connectivity index (χ3v) is 4.14. The molecule has 0 radical (unpaired) electrons. The van der Waals surface area contributed by atoms with Crippen molar-refractivity contribution in [2.24, 2.45) is 0 Å². The number of rotatable bonds is 6. The first kappa shape index (κ1) is 15.4. The van der Waals surface area contributed by atoms with Gasteiger partial charge in [0.1, 0.15) is 0 Å². The summed E-state index contributed by atoms with van der Waals surface area (Å²) in [5.41, 5.74) is 3.28. The normalized spacial score (nSPS) is 10.4. The zero-order chi connectivity index (χ0) is 15.2. The van der Waals surface area contributed by atoms with Crippen LogP contribution >= 0.6 is 11.8 Å². The van der Waals surface area contributed by atoms with Gasteiger partial charge >= 0.3 is 0 Å². The van der Waals surface area contributed by atoms with E-state index in [1.807, 2.05) is 6.92 Å². The number of nitro groups is 1. The van der Waals surface area contributed by atoms with Crippen molar-refractivity contribution in [3.05, 3.63) is 63.7 Å². The number of thioether (sulfide) groups is 1. The Hall–Kier alpha value is -2.01. The first-order valence-electron chi connectivity index (χ1n) is 6.81. The highest BCUT2D eigenvalue weighted by molar-refractivity contribution is 7.98. The van der Waals surface area contributed by atoms with Gasteiger partial charge in [0, 0.05) is 35.0 Å². The van der Waals surface area contributed by atoms with Crippen LogP contribution in [0.3, 0.4) is 0 Å². The maximum Gasteiger partial charge on any atom is 0.269 e. The second-order valence-corrected chi connectivity index (χ2v) is 5.78. The molecule has 0 atom stereocenters. The minimum atomic E-state index is -0.351. The molecule has 4 nitrogen and oxygen atoms in total. The number of anilines is 1. The Morgan fingerprint density at radius 3 is 2.52 bits per heavy atom. The van der Waals surface area contributed by atoms with Crippen molar-refractivity contribution in [3.8, 4) is 0 Å². The molecule has 5 heteroatoms. The Labute approximate surface area is 128 Å². The zero-order valence-corrected chi connectivity index (χ0v) is 12.9. The van der Waals surface area contributed by atoms with E-state index in [1.54, 1.807) is 23.9 Å². The Kier molecular flexibility index (Phi) is 5.22. The standard InChI is InChI=1S/C16H18N2O2S/c1-3-17-16-9-6-14(18(19)20)10-13(16)11-21-15-7-4-12(2)5-8-15/h4-10,17H,3,11H2,1-2H3. The molecular formula is C16H18N2O2S. The van der Waals surface area contributed by atoms with E-state index in [1.165, 1.54) is 11.6 Å². The molecular weight excluding hydrogens is 284 g/mol. The van der Waals surface area contributed by atoms with Crippen molar-refractivity contribution in [2.45, 2.75) is 24.5 Å². The number of nitrogens with one attached hydrogen (secondary N) is 1. The van der Waals surface area contributed by atoms with Crippen LogP contribution < -0.4 is 5.32 Å². The van der Waals surface area contributed by atoms with Crippen LogP contribution in [-0.4, -0.2) is 11.5 Å². The van der Waals surface area contributed by atoms with Gasteiger partial charge in [0.2, 0.25) is 0 Å². The number of hydrogen-bond donors (Lipinski definition) is 1. The van der Waals surface area contributed by atoms with Gasteiger partial charge in [0.15, 0.2) is 0 Å². The van der Waals surface area contributed by atoms with Gasteiger partial charge in [-0.3, -0.25) is 10.1 Å². The predicted octanol–water partition coefficient (Wildman–Crippen LogP) is 4.63. The first-order valence-corrected chi connectivity index (χ1v) is 7.79. The Balaban J connectivity index is 2.17. The molecule has 0 heterocycles. The van der Waals surface area contributed by atoms with E-state index in [4.69, 9.17) is 0 Å². The zero-order valence-electron chi connectivity index (χ0n) is 12.1. The fraction of sp³-hybridized carbons (Fsp3) is 0.250. The summed E-state index contributed by atoms with van der Waals surface area (Å²) in [7, 11) is 0. The van der Waals surface area contributed by atoms with Crippen LogP contribution in [0.4, 0.5) is 11.4 Å². The van der Waals surface area contributed by atoms with Gasteiger partial charge in [0.05, 0.1) is 4.92 Å². The van der Waals surface area contributed by atoms with Crippen LogP contribution in [0.2, 0.25) is 0 Å². The van der Waals surface area contributed by atoms with Crippen LogP contribution in [0, 0.1) is 17.0 Å². The van der Waals surface area contributed by atoms with Crippen molar-refractivity contribution in [1.29, 1.82) is 0 Å². The summed E-state index contributed by atoms with van der Waals surface area (Å²) < 4.78 is 0. The van der Waals surface area contributed by atoms with E-state index in [0.717, 1.165) is 22.7 Å². The topological polar surface area (TPSA) is 55.2 Å². The van der Waals surface area contributed by atoms with Gasteiger partial charge in [-0.25, -0.2) is 0 Å². The minimum absolute atomic E-state index is 0.135. The second-order valence-electron chi connectivity index (χ2n) is 4.73. The van der Waals surface area contributed by atoms with E-state index < -0.39 is 0 Å². The quantitative estimate of drug-likeness (QED) is 0.480. The molecule has 2 aromatic carbocycles. The van der Waals surface area contributed by atoms with Crippen LogP contribution in [0.25, 0.3) is 0 Å². The molecule has 110 valence electrons. The maximum atomic E-state index is 10.9. The average Bonchev–Trinajstić information content (AvgIpc) is 2.48. The molecule has 0 aliphatic rings. The summed E-state index contributed by atoms with van der Waals surface area (Å²) in [6, 6.07) is 13.3. The van der Waals surface area contributed by atoms with Crippen molar-refractivity contribution < 1.29 is 4.92 Å². The molecule has 2 rings (SSSR count). The second kappa shape index (κ2) is 7.13. The third kappa shape index (κ3) is 4.23. The SMILES string of the molecule is CCNc1ccc([N+](=O)[O-])cc1CSc1ccc(C)cc1. The van der Waals surface area contributed by atoms with Gasteiger partial charge in [-0.05, 0) is 37.6 Å². The summed E-state index contributed by atoms with van der Waals surface area (Å²) in [5, 5.41) is 14.2. The Morgan fingerprint density at radius 2 is 1.90 bits per heavy atom. The lowest BCUT2D eigenvalue weighted by Gasteiger charge is -2.10. The van der Waals surface area contributed by atoms with E-state index in [-0.39, 0.29) is 10.6 Å². The molecule has 1 N–H and O–H groups in total. The third-order valence-electron chi connectivity index (χ3n) is 3.08. The van der Waals surface area contributed by atoms with Gasteiger partial charge in [-0.1, -0.05) is 17.7 Å². The lowest BCUT2D eigenvalue weighted by molar-refractivity contribution is -0.384. The lowest BCUT2D eigenvalue weighted by Crippen LogP contribution is -2.01. The van der Waals surface area contributed by atoms with E-state index in [9.17, 15) is 10.1 Å².